The van der Waals surface area contributed by atoms with Crippen LogP contribution in [0.4, 0.5) is 0 Å². The highest BCUT2D eigenvalue weighted by atomic mass is 28.4. The molecule has 5 heteroatoms. The molecule has 2 rings (SSSR count). The van der Waals surface area contributed by atoms with E-state index in [1.54, 1.807) is 7.11 Å². The van der Waals surface area contributed by atoms with Crippen LogP contribution in [0.25, 0.3) is 0 Å². The minimum Gasteiger partial charge on any atom is -0.492 e. The fraction of sp³-hybridized carbons (Fsp3) is 0.333. The van der Waals surface area contributed by atoms with E-state index in [9.17, 15) is 0 Å². The lowest BCUT2D eigenvalue weighted by Crippen LogP contribution is -2.51. The van der Waals surface area contributed by atoms with E-state index in [0.717, 1.165) is 37.1 Å². The Balaban J connectivity index is 2.13. The number of hydrogen-bond donors (Lipinski definition) is 1. The Morgan fingerprint density at radius 1 is 0.870 bits per heavy atom. The highest BCUT2D eigenvalue weighted by Gasteiger charge is 2.44. The van der Waals surface area contributed by atoms with E-state index in [2.05, 4.69) is 12.2 Å². The molecule has 0 aliphatic rings. The van der Waals surface area contributed by atoms with Crippen LogP contribution < -0.4 is 14.2 Å². The summed E-state index contributed by atoms with van der Waals surface area (Å²) < 4.78 is 18.2. The van der Waals surface area contributed by atoms with Crippen molar-refractivity contribution in [3.05, 3.63) is 60.7 Å². The van der Waals surface area contributed by atoms with E-state index in [0.29, 0.717) is 0 Å². The molecule has 4 nitrogen and oxygen atoms in total. The van der Waals surface area contributed by atoms with Gasteiger partial charge >= 0.3 is 8.80 Å². The number of hydrogen-bond acceptors (Lipinski definition) is 4. The maximum atomic E-state index is 6.20. The van der Waals surface area contributed by atoms with Crippen molar-refractivity contribution in [2.75, 3.05) is 20.2 Å². The van der Waals surface area contributed by atoms with Crippen molar-refractivity contribution in [1.82, 2.24) is 5.32 Å². The minimum atomic E-state index is -2.84. The molecule has 124 valence electrons. The number of para-hydroxylation sites is 2. The van der Waals surface area contributed by atoms with E-state index in [4.69, 9.17) is 13.3 Å². The molecule has 0 aliphatic carbocycles. The Hall–Kier alpha value is -1.82. The minimum absolute atomic E-state index is 0.750. The fourth-order valence-electron chi connectivity index (χ4n) is 2.25. The van der Waals surface area contributed by atoms with E-state index in [1.165, 1.54) is 0 Å². The maximum Gasteiger partial charge on any atom is 0.631 e. The Morgan fingerprint density at radius 2 is 1.39 bits per heavy atom. The van der Waals surface area contributed by atoms with Gasteiger partial charge in [0.2, 0.25) is 0 Å². The first-order chi connectivity index (χ1) is 11.3. The Morgan fingerprint density at radius 3 is 1.83 bits per heavy atom. The molecule has 2 aromatic carbocycles. The summed E-state index contributed by atoms with van der Waals surface area (Å²) in [5.41, 5.74) is 0. The molecule has 23 heavy (non-hydrogen) atoms. The SMILES string of the molecule is CCNCCC[Si](OC)(Oc1ccccc1)Oc1ccccc1. The second-order valence-electron chi connectivity index (χ2n) is 5.17. The molecule has 1 N–H and O–H groups in total. The standard InChI is InChI=1S/C18H25NO3Si/c1-3-19-15-10-16-23(20-2,21-17-11-6-4-7-12-17)22-18-13-8-5-9-14-18/h4-9,11-14,19H,3,10,15-16H2,1-2H3. The van der Waals surface area contributed by atoms with Crippen LogP contribution in [0.5, 0.6) is 11.5 Å². The molecular formula is C18H25NO3Si. The molecule has 0 bridgehead atoms. The predicted octanol–water partition coefficient (Wildman–Crippen LogP) is 3.73. The topological polar surface area (TPSA) is 39.7 Å². The second-order valence-corrected chi connectivity index (χ2v) is 7.86. The zero-order valence-electron chi connectivity index (χ0n) is 13.8. The number of rotatable bonds is 10. The average Bonchev–Trinajstić information content (AvgIpc) is 2.60. The number of nitrogens with one attached hydrogen (secondary N) is 1. The number of benzene rings is 2. The van der Waals surface area contributed by atoms with E-state index in [1.807, 2.05) is 60.7 Å². The molecule has 2 aromatic rings. The van der Waals surface area contributed by atoms with Gasteiger partial charge in [-0.2, -0.15) is 0 Å². The van der Waals surface area contributed by atoms with Crippen LogP contribution in [0.3, 0.4) is 0 Å². The molecule has 0 atom stereocenters. The van der Waals surface area contributed by atoms with Crippen molar-refractivity contribution < 1.29 is 13.3 Å². The van der Waals surface area contributed by atoms with Gasteiger partial charge in [0.05, 0.1) is 0 Å². The third-order valence-electron chi connectivity index (χ3n) is 3.43. The van der Waals surface area contributed by atoms with Crippen molar-refractivity contribution in [3.63, 3.8) is 0 Å². The Bertz CT molecular complexity index is 509. The largest absolute Gasteiger partial charge is 0.631 e. The fourth-order valence-corrected chi connectivity index (χ4v) is 4.47. The van der Waals surface area contributed by atoms with Gasteiger partial charge in [0.15, 0.2) is 0 Å². The first-order valence-electron chi connectivity index (χ1n) is 8.02. The highest BCUT2D eigenvalue weighted by Crippen LogP contribution is 2.24. The summed E-state index contributed by atoms with van der Waals surface area (Å²) in [6.07, 6.45) is 0.938. The zero-order valence-corrected chi connectivity index (χ0v) is 14.8. The average molecular weight is 331 g/mol. The van der Waals surface area contributed by atoms with Crippen LogP contribution in [0.2, 0.25) is 6.04 Å². The maximum absolute atomic E-state index is 6.20. The van der Waals surface area contributed by atoms with E-state index in [-0.39, 0.29) is 0 Å². The Labute approximate surface area is 139 Å². The molecule has 0 heterocycles. The summed E-state index contributed by atoms with van der Waals surface area (Å²) in [6.45, 7) is 3.98. The summed E-state index contributed by atoms with van der Waals surface area (Å²) in [6, 6.07) is 20.2. The molecule has 0 spiro atoms. The third-order valence-corrected chi connectivity index (χ3v) is 6.11. The van der Waals surface area contributed by atoms with Gasteiger partial charge in [-0.3, -0.25) is 0 Å². The van der Waals surface area contributed by atoms with Crippen molar-refractivity contribution >= 4 is 8.80 Å². The van der Waals surface area contributed by atoms with Crippen LogP contribution in [0.15, 0.2) is 60.7 Å². The summed E-state index contributed by atoms with van der Waals surface area (Å²) in [5.74, 6) is 1.56. The highest BCUT2D eigenvalue weighted by molar-refractivity contribution is 6.62. The first-order valence-corrected chi connectivity index (χ1v) is 9.95. The summed E-state index contributed by atoms with van der Waals surface area (Å²) in [5, 5.41) is 3.33. The zero-order chi connectivity index (χ0) is 16.4. The second kappa shape index (κ2) is 9.35. The third kappa shape index (κ3) is 5.71. The van der Waals surface area contributed by atoms with Crippen LogP contribution in [0.1, 0.15) is 13.3 Å². The molecule has 0 aliphatic heterocycles. The molecule has 0 saturated heterocycles. The van der Waals surface area contributed by atoms with Gasteiger partial charge in [0.1, 0.15) is 11.5 Å². The van der Waals surface area contributed by atoms with E-state index < -0.39 is 8.80 Å². The summed E-state index contributed by atoms with van der Waals surface area (Å²) in [7, 11) is -1.17. The first kappa shape index (κ1) is 17.5. The van der Waals surface area contributed by atoms with Crippen molar-refractivity contribution in [2.45, 2.75) is 19.4 Å². The van der Waals surface area contributed by atoms with Crippen molar-refractivity contribution in [3.8, 4) is 11.5 Å². The van der Waals surface area contributed by atoms with Gasteiger partial charge in [0.25, 0.3) is 0 Å². The predicted molar refractivity (Wildman–Crippen MR) is 94.9 cm³/mol. The smallest absolute Gasteiger partial charge is 0.492 e. The van der Waals surface area contributed by atoms with Gasteiger partial charge in [-0.05, 0) is 43.8 Å². The van der Waals surface area contributed by atoms with Gasteiger partial charge in [-0.1, -0.05) is 43.3 Å². The monoisotopic (exact) mass is 331 g/mol. The van der Waals surface area contributed by atoms with Crippen molar-refractivity contribution in [2.24, 2.45) is 0 Å². The van der Waals surface area contributed by atoms with Gasteiger partial charge < -0.3 is 18.6 Å². The lowest BCUT2D eigenvalue weighted by atomic mass is 10.3. The van der Waals surface area contributed by atoms with Gasteiger partial charge in [-0.25, -0.2) is 0 Å². The molecule has 0 unspecified atom stereocenters. The van der Waals surface area contributed by atoms with Crippen LogP contribution in [0, 0.1) is 0 Å². The lowest BCUT2D eigenvalue weighted by Gasteiger charge is -2.29. The van der Waals surface area contributed by atoms with Crippen LogP contribution in [-0.4, -0.2) is 29.0 Å². The van der Waals surface area contributed by atoms with Crippen LogP contribution >= 0.6 is 0 Å². The lowest BCUT2D eigenvalue weighted by molar-refractivity contribution is 0.203. The summed E-state index contributed by atoms with van der Waals surface area (Å²) >= 11 is 0. The summed E-state index contributed by atoms with van der Waals surface area (Å²) in [4.78, 5) is 0. The van der Waals surface area contributed by atoms with Gasteiger partial charge in [0, 0.05) is 13.2 Å². The van der Waals surface area contributed by atoms with Gasteiger partial charge in [-0.15, -0.1) is 0 Å². The molecule has 0 amide bonds. The quantitative estimate of drug-likeness (QED) is 0.532. The molecular weight excluding hydrogens is 306 g/mol. The van der Waals surface area contributed by atoms with E-state index >= 15 is 0 Å². The molecule has 0 radical (unpaired) electrons. The molecule has 0 fully saturated rings. The Kier molecular flexibility index (Phi) is 7.12. The van der Waals surface area contributed by atoms with Crippen LogP contribution in [-0.2, 0) is 4.43 Å². The molecule has 0 saturated carbocycles. The molecule has 0 aromatic heterocycles. The normalized spacial score (nSPS) is 11.2. The van der Waals surface area contributed by atoms with Crippen molar-refractivity contribution in [1.29, 1.82) is 0 Å².